The normalized spacial score (nSPS) is 16.4. The van der Waals surface area contributed by atoms with E-state index in [0.29, 0.717) is 6.42 Å². The molecule has 0 spiro atoms. The molecule has 0 radical (unpaired) electrons. The molecule has 7 nitrogen and oxygen atoms in total. The van der Waals surface area contributed by atoms with E-state index in [2.05, 4.69) is 27.4 Å². The molecule has 1 amide bonds. The fraction of sp³-hybridized carbons (Fsp3) is 0.300. The van der Waals surface area contributed by atoms with Gasteiger partial charge in [-0.05, 0) is 31.5 Å². The number of hydrogen-bond donors (Lipinski definition) is 0. The lowest BCUT2D eigenvalue weighted by molar-refractivity contribution is -0.130. The van der Waals surface area contributed by atoms with Crippen LogP contribution in [0.1, 0.15) is 36.3 Å². The first kappa shape index (κ1) is 18.5. The third-order valence-electron chi connectivity index (χ3n) is 4.67. The number of furan rings is 1. The Morgan fingerprint density at radius 3 is 2.82 bits per heavy atom. The average Bonchev–Trinajstić information content (AvgIpc) is 3.46. The molecule has 144 valence electrons. The van der Waals surface area contributed by atoms with Gasteiger partial charge in [-0.25, -0.2) is 5.01 Å². The van der Waals surface area contributed by atoms with Crippen molar-refractivity contribution in [2.24, 2.45) is 5.10 Å². The van der Waals surface area contributed by atoms with Crippen LogP contribution >= 0.6 is 11.8 Å². The van der Waals surface area contributed by atoms with Crippen LogP contribution in [0.25, 0.3) is 0 Å². The Bertz CT molecular complexity index is 978. The number of hydrogen-bond acceptors (Lipinski definition) is 6. The molecule has 0 fully saturated rings. The second-order valence-electron chi connectivity index (χ2n) is 6.57. The van der Waals surface area contributed by atoms with Gasteiger partial charge < -0.3 is 8.98 Å². The molecule has 0 saturated carbocycles. The molecule has 1 aromatic carbocycles. The minimum atomic E-state index is -0.233. The molecule has 2 aromatic heterocycles. The van der Waals surface area contributed by atoms with Gasteiger partial charge in [-0.1, -0.05) is 41.6 Å². The predicted molar refractivity (Wildman–Crippen MR) is 107 cm³/mol. The largest absolute Gasteiger partial charge is 0.467 e. The van der Waals surface area contributed by atoms with E-state index in [-0.39, 0.29) is 17.7 Å². The summed E-state index contributed by atoms with van der Waals surface area (Å²) in [6.07, 6.45) is 3.92. The molecule has 1 aliphatic rings. The maximum Gasteiger partial charge on any atom is 0.253 e. The summed E-state index contributed by atoms with van der Waals surface area (Å²) in [4.78, 5) is 13.0. The van der Waals surface area contributed by atoms with E-state index in [1.807, 2.05) is 42.7 Å². The Hall–Kier alpha value is -2.87. The first-order valence-electron chi connectivity index (χ1n) is 9.16. The molecule has 0 bridgehead atoms. The molecular weight excluding hydrogens is 374 g/mol. The van der Waals surface area contributed by atoms with Crippen LogP contribution in [0.4, 0.5) is 0 Å². The van der Waals surface area contributed by atoms with Gasteiger partial charge in [0.15, 0.2) is 5.16 Å². The summed E-state index contributed by atoms with van der Waals surface area (Å²) in [5, 5.41) is 14.9. The predicted octanol–water partition coefficient (Wildman–Crippen LogP) is 3.67. The zero-order chi connectivity index (χ0) is 19.5. The maximum atomic E-state index is 13.0. The van der Waals surface area contributed by atoms with Crippen molar-refractivity contribution in [1.29, 1.82) is 0 Å². The van der Waals surface area contributed by atoms with Crippen molar-refractivity contribution in [2.75, 3.05) is 5.75 Å². The van der Waals surface area contributed by atoms with E-state index in [0.717, 1.165) is 28.7 Å². The minimum Gasteiger partial charge on any atom is -0.467 e. The molecule has 1 atom stereocenters. The average molecular weight is 395 g/mol. The van der Waals surface area contributed by atoms with E-state index in [4.69, 9.17) is 4.42 Å². The molecule has 0 aliphatic carbocycles. The number of aryl methyl sites for hydroxylation is 2. The summed E-state index contributed by atoms with van der Waals surface area (Å²) in [5.41, 5.74) is 3.10. The van der Waals surface area contributed by atoms with Crippen molar-refractivity contribution >= 4 is 23.4 Å². The van der Waals surface area contributed by atoms with Crippen molar-refractivity contribution < 1.29 is 9.21 Å². The highest BCUT2D eigenvalue weighted by molar-refractivity contribution is 7.99. The minimum absolute atomic E-state index is 0.0841. The van der Waals surface area contributed by atoms with Gasteiger partial charge in [0.05, 0.1) is 17.7 Å². The summed E-state index contributed by atoms with van der Waals surface area (Å²) >= 11 is 1.37. The van der Waals surface area contributed by atoms with Gasteiger partial charge in [0.1, 0.15) is 18.1 Å². The van der Waals surface area contributed by atoms with E-state index in [1.165, 1.54) is 17.3 Å². The van der Waals surface area contributed by atoms with Crippen LogP contribution in [0.3, 0.4) is 0 Å². The molecule has 0 unspecified atom stereocenters. The molecule has 3 aromatic rings. The number of rotatable bonds is 6. The Morgan fingerprint density at radius 2 is 2.11 bits per heavy atom. The van der Waals surface area contributed by atoms with Gasteiger partial charge in [0, 0.05) is 13.0 Å². The Balaban J connectivity index is 1.55. The number of hydrazone groups is 1. The fourth-order valence-electron chi connectivity index (χ4n) is 3.13. The molecule has 8 heteroatoms. The van der Waals surface area contributed by atoms with Gasteiger partial charge in [-0.15, -0.1) is 10.2 Å². The zero-order valence-electron chi connectivity index (χ0n) is 15.8. The van der Waals surface area contributed by atoms with Crippen LogP contribution in [-0.4, -0.2) is 37.1 Å². The molecule has 4 rings (SSSR count). The first-order valence-corrected chi connectivity index (χ1v) is 10.1. The number of carbonyl (C=O) groups is 1. The topological polar surface area (TPSA) is 76.5 Å². The van der Waals surface area contributed by atoms with Gasteiger partial charge >= 0.3 is 0 Å². The fourth-order valence-corrected chi connectivity index (χ4v) is 3.96. The smallest absolute Gasteiger partial charge is 0.253 e. The molecule has 0 saturated heterocycles. The summed E-state index contributed by atoms with van der Waals surface area (Å²) in [5.74, 6) is 0.890. The highest BCUT2D eigenvalue weighted by atomic mass is 32.2. The monoisotopic (exact) mass is 395 g/mol. The van der Waals surface area contributed by atoms with E-state index in [1.54, 1.807) is 17.6 Å². The number of thioether (sulfide) groups is 1. The van der Waals surface area contributed by atoms with Crippen molar-refractivity contribution in [3.63, 3.8) is 0 Å². The van der Waals surface area contributed by atoms with Crippen LogP contribution in [0, 0.1) is 6.92 Å². The third kappa shape index (κ3) is 3.73. The van der Waals surface area contributed by atoms with Crippen molar-refractivity contribution in [3.05, 3.63) is 65.9 Å². The van der Waals surface area contributed by atoms with Crippen LogP contribution in [0.5, 0.6) is 0 Å². The van der Waals surface area contributed by atoms with Gasteiger partial charge in [0.25, 0.3) is 5.91 Å². The van der Waals surface area contributed by atoms with Crippen LogP contribution in [-0.2, 0) is 11.3 Å². The van der Waals surface area contributed by atoms with Gasteiger partial charge in [0.2, 0.25) is 0 Å². The zero-order valence-corrected chi connectivity index (χ0v) is 16.6. The number of carbonyl (C=O) groups excluding carboxylic acids is 1. The standard InChI is InChI=1S/C20H21N5O2S/c1-3-24-13-21-22-20(24)28-12-19(26)25-17(18-5-4-10-27-18)11-16(23-25)15-8-6-14(2)7-9-15/h4-10,13,17H,3,11-12H2,1-2H3/t17-/m0/s1. The number of benzene rings is 1. The van der Waals surface area contributed by atoms with Crippen molar-refractivity contribution in [3.8, 4) is 0 Å². The molecular formula is C20H21N5O2S. The third-order valence-corrected chi connectivity index (χ3v) is 5.63. The Labute approximate surface area is 167 Å². The highest BCUT2D eigenvalue weighted by Gasteiger charge is 2.34. The molecule has 28 heavy (non-hydrogen) atoms. The van der Waals surface area contributed by atoms with Crippen LogP contribution < -0.4 is 0 Å². The first-order chi connectivity index (χ1) is 13.7. The van der Waals surface area contributed by atoms with E-state index < -0.39 is 0 Å². The van der Waals surface area contributed by atoms with Crippen molar-refractivity contribution in [2.45, 2.75) is 38.0 Å². The summed E-state index contributed by atoms with van der Waals surface area (Å²) in [7, 11) is 0. The Kier molecular flexibility index (Phi) is 5.29. The van der Waals surface area contributed by atoms with E-state index >= 15 is 0 Å². The van der Waals surface area contributed by atoms with Crippen molar-refractivity contribution in [1.82, 2.24) is 19.8 Å². The van der Waals surface area contributed by atoms with Gasteiger partial charge in [-0.2, -0.15) is 5.10 Å². The number of amides is 1. The quantitative estimate of drug-likeness (QED) is 0.595. The maximum absolute atomic E-state index is 13.0. The molecule has 1 aliphatic heterocycles. The van der Waals surface area contributed by atoms with Crippen LogP contribution in [0.2, 0.25) is 0 Å². The second kappa shape index (κ2) is 8.02. The van der Waals surface area contributed by atoms with E-state index in [9.17, 15) is 4.79 Å². The second-order valence-corrected chi connectivity index (χ2v) is 7.52. The highest BCUT2D eigenvalue weighted by Crippen LogP contribution is 2.34. The summed E-state index contributed by atoms with van der Waals surface area (Å²) in [6, 6.07) is 11.7. The molecule has 3 heterocycles. The number of nitrogens with zero attached hydrogens (tertiary/aromatic N) is 5. The Morgan fingerprint density at radius 1 is 1.29 bits per heavy atom. The summed E-state index contributed by atoms with van der Waals surface area (Å²) < 4.78 is 7.50. The lowest BCUT2D eigenvalue weighted by atomic mass is 10.0. The lowest BCUT2D eigenvalue weighted by Crippen LogP contribution is -2.28. The van der Waals surface area contributed by atoms with Gasteiger partial charge in [-0.3, -0.25) is 4.79 Å². The molecule has 0 N–H and O–H groups in total. The summed E-state index contributed by atoms with van der Waals surface area (Å²) in [6.45, 7) is 4.83. The van der Waals surface area contributed by atoms with Crippen LogP contribution in [0.15, 0.2) is 63.7 Å². The SMILES string of the molecule is CCn1cnnc1SCC(=O)N1N=C(c2ccc(C)cc2)C[C@H]1c1ccco1. The number of aromatic nitrogens is 3. The lowest BCUT2D eigenvalue weighted by Gasteiger charge is -2.19.